The molecule has 0 bridgehead atoms. The predicted molar refractivity (Wildman–Crippen MR) is 96.2 cm³/mol. The van der Waals surface area contributed by atoms with Gasteiger partial charge in [-0.25, -0.2) is 0 Å². The topological polar surface area (TPSA) is 32.3 Å². The van der Waals surface area contributed by atoms with Gasteiger partial charge < -0.3 is 10.2 Å². The van der Waals surface area contributed by atoms with E-state index >= 15 is 0 Å². The van der Waals surface area contributed by atoms with Crippen LogP contribution in [0.15, 0.2) is 49.6 Å². The fourth-order valence-electron chi connectivity index (χ4n) is 3.40. The maximum absolute atomic E-state index is 13.1. The summed E-state index contributed by atoms with van der Waals surface area (Å²) in [7, 11) is 0. The number of amides is 1. The lowest BCUT2D eigenvalue weighted by Crippen LogP contribution is -2.52. The molecule has 124 valence electrons. The van der Waals surface area contributed by atoms with Crippen molar-refractivity contribution in [1.82, 2.24) is 10.2 Å². The van der Waals surface area contributed by atoms with Gasteiger partial charge in [-0.1, -0.05) is 43.3 Å². The molecule has 1 heterocycles. The molecule has 1 saturated heterocycles. The second kappa shape index (κ2) is 7.60. The molecule has 1 aromatic rings. The van der Waals surface area contributed by atoms with E-state index in [2.05, 4.69) is 49.7 Å². The van der Waals surface area contributed by atoms with Crippen molar-refractivity contribution in [3.63, 3.8) is 0 Å². The molecule has 1 aliphatic heterocycles. The number of hydrogen-bond acceptors (Lipinski definition) is 2. The normalized spacial score (nSPS) is 18.5. The highest BCUT2D eigenvalue weighted by Gasteiger charge is 2.36. The fourth-order valence-corrected chi connectivity index (χ4v) is 3.40. The summed E-state index contributed by atoms with van der Waals surface area (Å²) in [6, 6.07) is 8.58. The first-order valence-electron chi connectivity index (χ1n) is 8.32. The molecular formula is C20H28N2O. The van der Waals surface area contributed by atoms with Gasteiger partial charge in [-0.05, 0) is 30.9 Å². The van der Waals surface area contributed by atoms with E-state index in [1.54, 1.807) is 0 Å². The summed E-state index contributed by atoms with van der Waals surface area (Å²) in [4.78, 5) is 15.1. The van der Waals surface area contributed by atoms with E-state index in [0.717, 1.165) is 13.1 Å². The van der Waals surface area contributed by atoms with Crippen molar-refractivity contribution < 1.29 is 4.79 Å². The molecule has 0 radical (unpaired) electrons. The maximum atomic E-state index is 13.1. The summed E-state index contributed by atoms with van der Waals surface area (Å²) < 4.78 is 0. The Morgan fingerprint density at radius 1 is 1.35 bits per heavy atom. The maximum Gasteiger partial charge on any atom is 0.229 e. The summed E-state index contributed by atoms with van der Waals surface area (Å²) in [6.45, 7) is 14.1. The van der Waals surface area contributed by atoms with Crippen LogP contribution in [0.5, 0.6) is 0 Å². The molecule has 1 N–H and O–H groups in total. The van der Waals surface area contributed by atoms with Crippen molar-refractivity contribution in [2.75, 3.05) is 19.6 Å². The Hall–Kier alpha value is -1.87. The third-order valence-electron chi connectivity index (χ3n) is 4.73. The number of nitrogens with one attached hydrogen (secondary N) is 1. The molecule has 1 fully saturated rings. The van der Waals surface area contributed by atoms with Crippen LogP contribution in [0.25, 0.3) is 0 Å². The summed E-state index contributed by atoms with van der Waals surface area (Å²) in [5, 5.41) is 3.54. The van der Waals surface area contributed by atoms with E-state index in [4.69, 9.17) is 0 Å². The van der Waals surface area contributed by atoms with Gasteiger partial charge in [0.25, 0.3) is 0 Å². The molecule has 1 amide bonds. The van der Waals surface area contributed by atoms with Crippen LogP contribution in [-0.2, 0) is 4.79 Å². The summed E-state index contributed by atoms with van der Waals surface area (Å²) in [5.41, 5.74) is 2.11. The largest absolute Gasteiger partial charge is 0.339 e. The van der Waals surface area contributed by atoms with Crippen molar-refractivity contribution in [3.05, 3.63) is 60.7 Å². The summed E-state index contributed by atoms with van der Waals surface area (Å²) in [6.07, 6.45) is 5.03. The molecular weight excluding hydrogens is 284 g/mol. The predicted octanol–water partition coefficient (Wildman–Crippen LogP) is 3.63. The van der Waals surface area contributed by atoms with Gasteiger partial charge in [0.05, 0.1) is 11.5 Å². The van der Waals surface area contributed by atoms with Gasteiger partial charge in [0.1, 0.15) is 0 Å². The Morgan fingerprint density at radius 2 is 2.00 bits per heavy atom. The first kappa shape index (κ1) is 17.5. The smallest absolute Gasteiger partial charge is 0.229 e. The van der Waals surface area contributed by atoms with Gasteiger partial charge in [0, 0.05) is 19.6 Å². The van der Waals surface area contributed by atoms with Crippen molar-refractivity contribution in [3.8, 4) is 0 Å². The number of carbonyl (C=O) groups excluding carboxylic acids is 1. The monoisotopic (exact) mass is 312 g/mol. The molecule has 1 atom stereocenters. The van der Waals surface area contributed by atoms with Crippen molar-refractivity contribution >= 4 is 5.91 Å². The molecule has 1 aliphatic rings. The lowest BCUT2D eigenvalue weighted by Gasteiger charge is -2.39. The second-order valence-corrected chi connectivity index (χ2v) is 6.66. The minimum Gasteiger partial charge on any atom is -0.339 e. The quantitative estimate of drug-likeness (QED) is 0.814. The number of allylic oxidation sites excluding steroid dienone is 2. The zero-order valence-corrected chi connectivity index (χ0v) is 14.3. The van der Waals surface area contributed by atoms with Gasteiger partial charge in [-0.3, -0.25) is 4.79 Å². The van der Waals surface area contributed by atoms with Gasteiger partial charge in [0.2, 0.25) is 5.91 Å². The molecule has 0 aromatic heterocycles. The van der Waals surface area contributed by atoms with Crippen LogP contribution < -0.4 is 5.32 Å². The summed E-state index contributed by atoms with van der Waals surface area (Å²) in [5.74, 6) is 0.206. The highest BCUT2D eigenvalue weighted by atomic mass is 16.2. The fraction of sp³-hybridized carbons (Fsp3) is 0.450. The summed E-state index contributed by atoms with van der Waals surface area (Å²) >= 11 is 0. The van der Waals surface area contributed by atoms with Gasteiger partial charge in [0.15, 0.2) is 0 Å². The van der Waals surface area contributed by atoms with Crippen LogP contribution >= 0.6 is 0 Å². The van der Waals surface area contributed by atoms with E-state index in [1.165, 1.54) is 11.1 Å². The number of piperazine rings is 1. The standard InChI is InChI=1S/C20H28N2O/c1-5-11-20(4,12-6-2)19(23)22-14-13-21-18(15-22)17-10-8-7-9-16(17)3/h5-10,18,21H,1-2,11-15H2,3-4H3. The van der Waals surface area contributed by atoms with Crippen LogP contribution in [-0.4, -0.2) is 30.4 Å². The number of nitrogens with zero attached hydrogens (tertiary/aromatic N) is 1. The van der Waals surface area contributed by atoms with Crippen molar-refractivity contribution in [1.29, 1.82) is 0 Å². The van der Waals surface area contributed by atoms with E-state index in [9.17, 15) is 4.79 Å². The molecule has 0 saturated carbocycles. The number of benzene rings is 1. The minimum absolute atomic E-state index is 0.200. The molecule has 0 aliphatic carbocycles. The molecule has 1 aromatic carbocycles. The van der Waals surface area contributed by atoms with E-state index in [0.29, 0.717) is 19.4 Å². The van der Waals surface area contributed by atoms with Crippen molar-refractivity contribution in [2.24, 2.45) is 5.41 Å². The molecule has 2 rings (SSSR count). The third-order valence-corrected chi connectivity index (χ3v) is 4.73. The third kappa shape index (κ3) is 3.91. The average Bonchev–Trinajstić information content (AvgIpc) is 2.55. The molecule has 1 unspecified atom stereocenters. The minimum atomic E-state index is -0.433. The van der Waals surface area contributed by atoms with Gasteiger partial charge >= 0.3 is 0 Å². The second-order valence-electron chi connectivity index (χ2n) is 6.66. The number of rotatable bonds is 6. The van der Waals surface area contributed by atoms with Crippen LogP contribution in [0.1, 0.15) is 36.9 Å². The zero-order valence-electron chi connectivity index (χ0n) is 14.3. The van der Waals surface area contributed by atoms with E-state index in [-0.39, 0.29) is 11.9 Å². The highest BCUT2D eigenvalue weighted by molar-refractivity contribution is 5.83. The average molecular weight is 312 g/mol. The molecule has 3 nitrogen and oxygen atoms in total. The van der Waals surface area contributed by atoms with Crippen LogP contribution in [0, 0.1) is 12.3 Å². The number of aryl methyl sites for hydroxylation is 1. The highest BCUT2D eigenvalue weighted by Crippen LogP contribution is 2.31. The SMILES string of the molecule is C=CCC(C)(CC=C)C(=O)N1CCNC(c2ccccc2C)C1. The Morgan fingerprint density at radius 3 is 2.61 bits per heavy atom. The van der Waals surface area contributed by atoms with Crippen molar-refractivity contribution in [2.45, 2.75) is 32.7 Å². The number of hydrogen-bond donors (Lipinski definition) is 1. The van der Waals surface area contributed by atoms with Crippen LogP contribution in [0.2, 0.25) is 0 Å². The first-order valence-corrected chi connectivity index (χ1v) is 8.32. The van der Waals surface area contributed by atoms with Crippen LogP contribution in [0.3, 0.4) is 0 Å². The molecule has 3 heteroatoms. The van der Waals surface area contributed by atoms with E-state index in [1.807, 2.05) is 24.0 Å². The zero-order chi connectivity index (χ0) is 16.9. The lowest BCUT2D eigenvalue weighted by atomic mass is 9.81. The Labute approximate surface area is 140 Å². The first-order chi connectivity index (χ1) is 11.0. The number of carbonyl (C=O) groups is 1. The lowest BCUT2D eigenvalue weighted by molar-refractivity contribution is -0.142. The Balaban J connectivity index is 2.17. The molecule has 0 spiro atoms. The Bertz CT molecular complexity index is 569. The Kier molecular flexibility index (Phi) is 5.78. The van der Waals surface area contributed by atoms with Crippen LogP contribution in [0.4, 0.5) is 0 Å². The van der Waals surface area contributed by atoms with E-state index < -0.39 is 5.41 Å². The molecule has 23 heavy (non-hydrogen) atoms. The van der Waals surface area contributed by atoms with Gasteiger partial charge in [-0.2, -0.15) is 0 Å². The van der Waals surface area contributed by atoms with Gasteiger partial charge in [-0.15, -0.1) is 13.2 Å².